The van der Waals surface area contributed by atoms with Gasteiger partial charge in [-0.25, -0.2) is 0 Å². The van der Waals surface area contributed by atoms with Crippen LogP contribution in [0.2, 0.25) is 0 Å². The number of nitro benzene ring substituents is 1. The average Bonchev–Trinajstić information content (AvgIpc) is 2.59. The van der Waals surface area contributed by atoms with Crippen molar-refractivity contribution in [3.05, 3.63) is 69.3 Å². The summed E-state index contributed by atoms with van der Waals surface area (Å²) in [5.74, 6) is 0.660. The van der Waals surface area contributed by atoms with Gasteiger partial charge in [0.2, 0.25) is 0 Å². The van der Waals surface area contributed by atoms with Crippen molar-refractivity contribution >= 4 is 11.5 Å². The summed E-state index contributed by atoms with van der Waals surface area (Å²) < 4.78 is 5.74. The van der Waals surface area contributed by atoms with Crippen LogP contribution in [0.1, 0.15) is 54.6 Å². The van der Waals surface area contributed by atoms with Gasteiger partial charge in [-0.3, -0.25) is 14.9 Å². The molecule has 126 valence electrons. The monoisotopic (exact) mass is 327 g/mol. The lowest BCUT2D eigenvalue weighted by Gasteiger charge is -2.11. The third kappa shape index (κ3) is 4.19. The molecular weight excluding hydrogens is 306 g/mol. The highest BCUT2D eigenvalue weighted by Crippen LogP contribution is 2.26. The summed E-state index contributed by atoms with van der Waals surface area (Å²) in [4.78, 5) is 22.4. The van der Waals surface area contributed by atoms with E-state index in [0.29, 0.717) is 18.3 Å². The fourth-order valence-electron chi connectivity index (χ4n) is 2.33. The summed E-state index contributed by atoms with van der Waals surface area (Å²) in [6, 6.07) is 12.2. The minimum absolute atomic E-state index is 0.111. The molecule has 0 heterocycles. The lowest BCUT2D eigenvalue weighted by Crippen LogP contribution is -2.04. The molecule has 0 spiro atoms. The van der Waals surface area contributed by atoms with Gasteiger partial charge in [-0.1, -0.05) is 45.0 Å². The van der Waals surface area contributed by atoms with Crippen LogP contribution >= 0.6 is 0 Å². The molecule has 2 rings (SSSR count). The molecule has 0 radical (unpaired) electrons. The lowest BCUT2D eigenvalue weighted by atomic mass is 10.0. The number of Topliss-reactive ketones (excluding diaryl/α,β-unsaturated/α-hetero) is 1. The van der Waals surface area contributed by atoms with Crippen molar-refractivity contribution in [3.8, 4) is 5.75 Å². The van der Waals surface area contributed by atoms with Gasteiger partial charge in [0.1, 0.15) is 12.4 Å². The smallest absolute Gasteiger partial charge is 0.270 e. The van der Waals surface area contributed by atoms with Gasteiger partial charge in [0.15, 0.2) is 5.78 Å². The molecule has 0 aliphatic carbocycles. The molecule has 2 aromatic rings. The van der Waals surface area contributed by atoms with Crippen molar-refractivity contribution < 1.29 is 14.5 Å². The number of rotatable bonds is 7. The Hall–Kier alpha value is -2.69. The zero-order valence-corrected chi connectivity index (χ0v) is 14.1. The summed E-state index contributed by atoms with van der Waals surface area (Å²) in [6.07, 6.45) is 0.264. The number of carbonyl (C=O) groups excluding carboxylic acids is 1. The largest absolute Gasteiger partial charge is 0.488 e. The second-order valence-corrected chi connectivity index (χ2v) is 5.90. The van der Waals surface area contributed by atoms with E-state index in [1.165, 1.54) is 23.8 Å². The molecule has 0 saturated heterocycles. The highest BCUT2D eigenvalue weighted by molar-refractivity contribution is 5.99. The fourth-order valence-corrected chi connectivity index (χ4v) is 2.33. The molecule has 0 aliphatic rings. The molecule has 0 saturated carbocycles. The van der Waals surface area contributed by atoms with Gasteiger partial charge in [0.25, 0.3) is 5.69 Å². The lowest BCUT2D eigenvalue weighted by molar-refractivity contribution is -0.384. The number of carbonyl (C=O) groups is 1. The van der Waals surface area contributed by atoms with Crippen molar-refractivity contribution in [2.24, 2.45) is 0 Å². The molecule has 5 heteroatoms. The first-order chi connectivity index (χ1) is 11.4. The maximum Gasteiger partial charge on any atom is 0.270 e. The predicted octanol–water partition coefficient (Wildman–Crippen LogP) is 4.89. The molecule has 0 fully saturated rings. The highest BCUT2D eigenvalue weighted by Gasteiger charge is 2.16. The van der Waals surface area contributed by atoms with E-state index in [1.54, 1.807) is 6.92 Å². The SMILES string of the molecule is CCC(=O)c1cc([N+](=O)[O-])ccc1OCc1ccc(C(C)C)cc1. The van der Waals surface area contributed by atoms with Crippen molar-refractivity contribution in [1.82, 2.24) is 0 Å². The first-order valence-corrected chi connectivity index (χ1v) is 7.95. The predicted molar refractivity (Wildman–Crippen MR) is 92.6 cm³/mol. The summed E-state index contributed by atoms with van der Waals surface area (Å²) in [6.45, 7) is 6.28. The molecule has 0 bridgehead atoms. The quantitative estimate of drug-likeness (QED) is 0.412. The maximum atomic E-state index is 12.0. The van der Waals surface area contributed by atoms with E-state index < -0.39 is 4.92 Å². The van der Waals surface area contributed by atoms with Crippen LogP contribution in [0.15, 0.2) is 42.5 Å². The van der Waals surface area contributed by atoms with Gasteiger partial charge >= 0.3 is 0 Å². The minimum Gasteiger partial charge on any atom is -0.488 e. The Bertz CT molecular complexity index is 736. The molecular formula is C19H21NO4. The van der Waals surface area contributed by atoms with E-state index in [2.05, 4.69) is 26.0 Å². The van der Waals surface area contributed by atoms with Crippen LogP contribution in [-0.2, 0) is 6.61 Å². The van der Waals surface area contributed by atoms with Crippen LogP contribution in [0.25, 0.3) is 0 Å². The van der Waals surface area contributed by atoms with Gasteiger partial charge in [-0.2, -0.15) is 0 Å². The Morgan fingerprint density at radius 3 is 2.38 bits per heavy atom. The average molecular weight is 327 g/mol. The molecule has 0 atom stereocenters. The van der Waals surface area contributed by atoms with Crippen molar-refractivity contribution in [2.45, 2.75) is 39.7 Å². The number of ether oxygens (including phenoxy) is 1. The van der Waals surface area contributed by atoms with E-state index in [0.717, 1.165) is 5.56 Å². The van der Waals surface area contributed by atoms with Crippen LogP contribution in [0, 0.1) is 10.1 Å². The zero-order valence-electron chi connectivity index (χ0n) is 14.1. The Labute approximate surface area is 141 Å². The van der Waals surface area contributed by atoms with Crippen LogP contribution in [0.5, 0.6) is 5.75 Å². The van der Waals surface area contributed by atoms with Gasteiger partial charge in [-0.05, 0) is 23.1 Å². The standard InChI is InChI=1S/C19H21NO4/c1-4-18(21)17-11-16(20(22)23)9-10-19(17)24-12-14-5-7-15(8-6-14)13(2)3/h5-11,13H,4,12H2,1-3H3. The van der Waals surface area contributed by atoms with Crippen molar-refractivity contribution in [3.63, 3.8) is 0 Å². The molecule has 0 aromatic heterocycles. The summed E-state index contributed by atoms with van der Waals surface area (Å²) in [7, 11) is 0. The Morgan fingerprint density at radius 1 is 1.17 bits per heavy atom. The topological polar surface area (TPSA) is 69.4 Å². The van der Waals surface area contributed by atoms with E-state index in [-0.39, 0.29) is 23.5 Å². The number of benzene rings is 2. The summed E-state index contributed by atoms with van der Waals surface area (Å²) >= 11 is 0. The minimum atomic E-state index is -0.513. The Kier molecular flexibility index (Phi) is 5.68. The summed E-state index contributed by atoms with van der Waals surface area (Å²) in [5.41, 5.74) is 2.37. The first kappa shape index (κ1) is 17.7. The number of hydrogen-bond donors (Lipinski definition) is 0. The second kappa shape index (κ2) is 7.73. The fraction of sp³-hybridized carbons (Fsp3) is 0.316. The van der Waals surface area contributed by atoms with Crippen molar-refractivity contribution in [1.29, 1.82) is 0 Å². The van der Waals surface area contributed by atoms with E-state index in [9.17, 15) is 14.9 Å². The number of hydrogen-bond acceptors (Lipinski definition) is 4. The normalized spacial score (nSPS) is 10.7. The maximum absolute atomic E-state index is 12.0. The molecule has 0 unspecified atom stereocenters. The van der Waals surface area contributed by atoms with Gasteiger partial charge in [-0.15, -0.1) is 0 Å². The molecule has 24 heavy (non-hydrogen) atoms. The number of non-ortho nitro benzene ring substituents is 1. The van der Waals surface area contributed by atoms with Crippen LogP contribution < -0.4 is 4.74 Å². The molecule has 0 amide bonds. The number of ketones is 1. The van der Waals surface area contributed by atoms with Gasteiger partial charge < -0.3 is 4.74 Å². The Balaban J connectivity index is 2.19. The first-order valence-electron chi connectivity index (χ1n) is 7.95. The van der Waals surface area contributed by atoms with Crippen LogP contribution in [0.3, 0.4) is 0 Å². The Morgan fingerprint density at radius 2 is 1.83 bits per heavy atom. The van der Waals surface area contributed by atoms with E-state index >= 15 is 0 Å². The van der Waals surface area contributed by atoms with Gasteiger partial charge in [0.05, 0.1) is 10.5 Å². The van der Waals surface area contributed by atoms with E-state index in [1.807, 2.05) is 12.1 Å². The van der Waals surface area contributed by atoms with Crippen molar-refractivity contribution in [2.75, 3.05) is 0 Å². The third-order valence-corrected chi connectivity index (χ3v) is 3.84. The second-order valence-electron chi connectivity index (χ2n) is 5.90. The van der Waals surface area contributed by atoms with Gasteiger partial charge in [0, 0.05) is 18.6 Å². The van der Waals surface area contributed by atoms with E-state index in [4.69, 9.17) is 4.74 Å². The molecule has 2 aromatic carbocycles. The number of nitro groups is 1. The highest BCUT2D eigenvalue weighted by atomic mass is 16.6. The summed E-state index contributed by atoms with van der Waals surface area (Å²) in [5, 5.41) is 10.9. The third-order valence-electron chi connectivity index (χ3n) is 3.84. The molecule has 5 nitrogen and oxygen atoms in total. The molecule has 0 aliphatic heterocycles. The molecule has 0 N–H and O–H groups in total. The number of nitrogens with zero attached hydrogens (tertiary/aromatic N) is 1. The van der Waals surface area contributed by atoms with Crippen LogP contribution in [-0.4, -0.2) is 10.7 Å². The zero-order chi connectivity index (χ0) is 17.7. The van der Waals surface area contributed by atoms with Crippen LogP contribution in [0.4, 0.5) is 5.69 Å².